The predicted octanol–water partition coefficient (Wildman–Crippen LogP) is 5.01. The van der Waals surface area contributed by atoms with Crippen LogP contribution < -0.4 is 4.74 Å². The third-order valence-corrected chi connectivity index (χ3v) is 3.50. The molecule has 0 aliphatic rings. The van der Waals surface area contributed by atoms with Crippen LogP contribution in [0.1, 0.15) is 19.3 Å². The van der Waals surface area contributed by atoms with Gasteiger partial charge in [-0.15, -0.1) is 0 Å². The van der Waals surface area contributed by atoms with E-state index in [2.05, 4.69) is 9.98 Å². The summed E-state index contributed by atoms with van der Waals surface area (Å²) in [7, 11) is 1.62. The number of nitrogens with zero attached hydrogens (tertiary/aromatic N) is 2. The summed E-state index contributed by atoms with van der Waals surface area (Å²) in [5, 5.41) is 15.6. The van der Waals surface area contributed by atoms with E-state index >= 15 is 0 Å². The Morgan fingerprint density at radius 1 is 1.08 bits per heavy atom. The number of hydrogen-bond donors (Lipinski definition) is 2. The van der Waals surface area contributed by atoms with Gasteiger partial charge in [0, 0.05) is 18.9 Å². The largest absolute Gasteiger partial charge is 0.494 e. The summed E-state index contributed by atoms with van der Waals surface area (Å²) in [4.78, 5) is 8.90. The van der Waals surface area contributed by atoms with Crippen molar-refractivity contribution in [3.8, 4) is 5.75 Å². The van der Waals surface area contributed by atoms with Gasteiger partial charge in [-0.3, -0.25) is 9.98 Å². The molecule has 25 heavy (non-hydrogen) atoms. The summed E-state index contributed by atoms with van der Waals surface area (Å²) in [6, 6.07) is 17.1. The van der Waals surface area contributed by atoms with Crippen LogP contribution in [-0.2, 0) is 0 Å². The second-order valence-corrected chi connectivity index (χ2v) is 5.30. The number of methoxy groups -OCH3 is 1. The van der Waals surface area contributed by atoms with Crippen LogP contribution >= 0.6 is 0 Å². The van der Waals surface area contributed by atoms with Crippen molar-refractivity contribution in [2.24, 2.45) is 9.98 Å². The highest BCUT2D eigenvalue weighted by Crippen LogP contribution is 2.25. The minimum absolute atomic E-state index is 0.359. The quantitative estimate of drug-likeness (QED) is 0.621. The highest BCUT2D eigenvalue weighted by Gasteiger charge is 2.06. The number of rotatable bonds is 9. The van der Waals surface area contributed by atoms with Crippen molar-refractivity contribution in [2.75, 3.05) is 7.11 Å². The van der Waals surface area contributed by atoms with Gasteiger partial charge in [-0.05, 0) is 37.1 Å². The Hall–Kier alpha value is -3.08. The van der Waals surface area contributed by atoms with Gasteiger partial charge < -0.3 is 15.6 Å². The first-order valence-electron chi connectivity index (χ1n) is 8.09. The lowest BCUT2D eigenvalue weighted by atomic mass is 10.1. The standard InChI is InChI=1S/C20H22N4O/c1-25-20-12-6-5-11-19(20)23-15-7-10-17(22)18(13-14-21)24-16-8-3-2-4-9-16/h2-6,8-9,11-12,14-15,21-22H,7,10,13H2,1H3. The number of ether oxygens (including phenoxy) is 1. The molecular weight excluding hydrogens is 312 g/mol. The molecule has 0 aliphatic heterocycles. The lowest BCUT2D eigenvalue weighted by Crippen LogP contribution is -2.13. The van der Waals surface area contributed by atoms with Gasteiger partial charge in [0.15, 0.2) is 0 Å². The van der Waals surface area contributed by atoms with Crippen LogP contribution in [0.4, 0.5) is 11.4 Å². The fraction of sp³-hybridized carbons (Fsp3) is 0.200. The maximum Gasteiger partial charge on any atom is 0.144 e. The number of para-hydroxylation sites is 3. The van der Waals surface area contributed by atoms with E-state index in [4.69, 9.17) is 15.6 Å². The maximum atomic E-state index is 8.24. The molecule has 2 aromatic carbocycles. The summed E-state index contributed by atoms with van der Waals surface area (Å²) in [5.74, 6) is 0.726. The lowest BCUT2D eigenvalue weighted by Gasteiger charge is -2.05. The van der Waals surface area contributed by atoms with Crippen molar-refractivity contribution in [3.05, 3.63) is 54.6 Å². The third-order valence-electron chi connectivity index (χ3n) is 3.50. The molecule has 2 rings (SSSR count). The van der Waals surface area contributed by atoms with Gasteiger partial charge in [-0.25, -0.2) is 0 Å². The topological polar surface area (TPSA) is 81.6 Å². The molecule has 128 valence electrons. The molecule has 0 heterocycles. The van der Waals surface area contributed by atoms with Gasteiger partial charge in [-0.2, -0.15) is 0 Å². The number of hydrogen-bond acceptors (Lipinski definition) is 5. The van der Waals surface area contributed by atoms with Gasteiger partial charge in [-0.1, -0.05) is 30.3 Å². The zero-order valence-corrected chi connectivity index (χ0v) is 14.3. The molecule has 5 nitrogen and oxygen atoms in total. The summed E-state index contributed by atoms with van der Waals surface area (Å²) in [6.07, 6.45) is 4.58. The molecule has 2 aromatic rings. The van der Waals surface area contributed by atoms with E-state index in [-0.39, 0.29) is 0 Å². The van der Waals surface area contributed by atoms with E-state index < -0.39 is 0 Å². The fourth-order valence-corrected chi connectivity index (χ4v) is 2.24. The molecule has 0 saturated carbocycles. The zero-order chi connectivity index (χ0) is 17.9. The van der Waals surface area contributed by atoms with Crippen LogP contribution in [0.2, 0.25) is 0 Å². The molecule has 2 N–H and O–H groups in total. The summed E-state index contributed by atoms with van der Waals surface area (Å²) < 4.78 is 5.26. The molecule has 0 bridgehead atoms. The molecule has 0 amide bonds. The van der Waals surface area contributed by atoms with E-state index in [0.29, 0.717) is 30.7 Å². The Morgan fingerprint density at radius 3 is 2.52 bits per heavy atom. The van der Waals surface area contributed by atoms with Crippen LogP contribution in [0.15, 0.2) is 64.6 Å². The molecule has 0 aliphatic carbocycles. The Morgan fingerprint density at radius 2 is 1.80 bits per heavy atom. The smallest absolute Gasteiger partial charge is 0.144 e. The molecule has 0 fully saturated rings. The number of nitrogens with one attached hydrogen (secondary N) is 2. The van der Waals surface area contributed by atoms with Gasteiger partial charge in [0.05, 0.1) is 24.2 Å². The Kier molecular flexibility index (Phi) is 7.25. The van der Waals surface area contributed by atoms with E-state index in [9.17, 15) is 0 Å². The molecule has 0 unspecified atom stereocenters. The molecule has 0 spiro atoms. The highest BCUT2D eigenvalue weighted by molar-refractivity contribution is 6.43. The average Bonchev–Trinajstić information content (AvgIpc) is 2.66. The first-order chi connectivity index (χ1) is 12.2. The van der Waals surface area contributed by atoms with Crippen molar-refractivity contribution < 1.29 is 4.74 Å². The third kappa shape index (κ3) is 5.80. The van der Waals surface area contributed by atoms with Crippen LogP contribution in [0, 0.1) is 10.8 Å². The average molecular weight is 334 g/mol. The molecule has 5 heteroatoms. The second-order valence-electron chi connectivity index (χ2n) is 5.30. The van der Waals surface area contributed by atoms with Crippen LogP contribution in [-0.4, -0.2) is 31.0 Å². The van der Waals surface area contributed by atoms with Gasteiger partial charge in [0.2, 0.25) is 0 Å². The van der Waals surface area contributed by atoms with Crippen LogP contribution in [0.3, 0.4) is 0 Å². The molecule has 0 saturated heterocycles. The van der Waals surface area contributed by atoms with E-state index in [1.54, 1.807) is 13.3 Å². The maximum absolute atomic E-state index is 8.24. The van der Waals surface area contributed by atoms with Crippen molar-refractivity contribution >= 4 is 35.2 Å². The SMILES string of the molecule is COc1ccccc1N=CCCC(=N)C(CC=N)=Nc1ccccc1. The molecule has 0 radical (unpaired) electrons. The monoisotopic (exact) mass is 334 g/mol. The Bertz CT molecular complexity index is 766. The lowest BCUT2D eigenvalue weighted by molar-refractivity contribution is 0.416. The van der Waals surface area contributed by atoms with Gasteiger partial charge >= 0.3 is 0 Å². The number of aliphatic imine (C=N–C) groups is 2. The normalized spacial score (nSPS) is 11.5. The first kappa shape index (κ1) is 18.3. The number of benzene rings is 2. The van der Waals surface area contributed by atoms with E-state index in [1.807, 2.05) is 54.6 Å². The van der Waals surface area contributed by atoms with Crippen molar-refractivity contribution in [1.29, 1.82) is 10.8 Å². The minimum Gasteiger partial charge on any atom is -0.494 e. The van der Waals surface area contributed by atoms with Crippen LogP contribution in [0.25, 0.3) is 0 Å². The zero-order valence-electron chi connectivity index (χ0n) is 14.3. The van der Waals surface area contributed by atoms with Crippen molar-refractivity contribution in [2.45, 2.75) is 19.3 Å². The molecular formula is C20H22N4O. The Labute approximate surface area is 148 Å². The Balaban J connectivity index is 1.98. The van der Waals surface area contributed by atoms with E-state index in [0.717, 1.165) is 17.1 Å². The first-order valence-corrected chi connectivity index (χ1v) is 8.09. The van der Waals surface area contributed by atoms with Crippen molar-refractivity contribution in [3.63, 3.8) is 0 Å². The van der Waals surface area contributed by atoms with Crippen LogP contribution in [0.5, 0.6) is 5.75 Å². The van der Waals surface area contributed by atoms with Crippen molar-refractivity contribution in [1.82, 2.24) is 0 Å². The summed E-state index contributed by atoms with van der Waals surface area (Å²) in [5.41, 5.74) is 2.62. The second kappa shape index (κ2) is 9.93. The summed E-state index contributed by atoms with van der Waals surface area (Å²) >= 11 is 0. The molecule has 0 atom stereocenters. The summed E-state index contributed by atoms with van der Waals surface area (Å²) in [6.45, 7) is 0. The van der Waals surface area contributed by atoms with Gasteiger partial charge in [0.25, 0.3) is 0 Å². The van der Waals surface area contributed by atoms with E-state index in [1.165, 1.54) is 6.21 Å². The minimum atomic E-state index is 0.359. The fourth-order valence-electron chi connectivity index (χ4n) is 2.24. The molecule has 0 aromatic heterocycles. The predicted molar refractivity (Wildman–Crippen MR) is 105 cm³/mol. The highest BCUT2D eigenvalue weighted by atomic mass is 16.5. The van der Waals surface area contributed by atoms with Gasteiger partial charge in [0.1, 0.15) is 11.4 Å².